The zero-order valence-electron chi connectivity index (χ0n) is 70.3. The van der Waals surface area contributed by atoms with Gasteiger partial charge in [-0.05, 0) is 0 Å². The number of halogens is 1. The van der Waals surface area contributed by atoms with E-state index in [9.17, 15) is 34.1 Å². The maximum Gasteiger partial charge on any atom is 0 e. The molecule has 9 rings (SSSR count). The molecular weight excluding hydrogens is 2060 g/mol. The quantitative estimate of drug-likeness (QED) is 0.0538. The van der Waals surface area contributed by atoms with Crippen molar-refractivity contribution in [3.63, 3.8) is 0 Å². The minimum Gasteiger partial charge on any atom is 0 e. The Hall–Kier alpha value is -5.52. The minimum absolute atomic E-state index is 0. The molecule has 0 spiro atoms. The Balaban J connectivity index is 0.000000657. The van der Waals surface area contributed by atoms with Crippen molar-refractivity contribution in [2.75, 3.05) is 0 Å². The number of aryl methyl sites for hydroxylation is 5. The number of aliphatic hydroxyl groups excluding tert-OH is 3. The fraction of sp³-hybridized carbons (Fsp3) is 0.427. The molecule has 3 radical (unpaired) electrons. The van der Waals surface area contributed by atoms with Gasteiger partial charge in [0.15, 0.2) is 17.3 Å². The van der Waals surface area contributed by atoms with Gasteiger partial charge in [-0.3, -0.25) is 14.4 Å². The maximum atomic E-state index is 13.4. The van der Waals surface area contributed by atoms with Crippen LogP contribution in [0.15, 0.2) is 145 Å². The average molecular weight is 2180 g/mol. The summed E-state index contributed by atoms with van der Waals surface area (Å²) in [6.07, 6.45) is 8.78. The topological polar surface area (TPSA) is 189 Å². The van der Waals surface area contributed by atoms with E-state index in [2.05, 4.69) is 207 Å². The van der Waals surface area contributed by atoms with E-state index in [-0.39, 0.29) is 117 Å². The summed E-state index contributed by atoms with van der Waals surface area (Å²) in [5, 5.41) is 31.7. The predicted octanol–water partition coefficient (Wildman–Crippen LogP) is 21.9. The zero-order chi connectivity index (χ0) is 80.3. The van der Waals surface area contributed by atoms with Gasteiger partial charge in [0.2, 0.25) is 0 Å². The van der Waals surface area contributed by atoms with Crippen molar-refractivity contribution < 1.29 is 94.4 Å². The monoisotopic (exact) mass is 2190 g/mol. The van der Waals surface area contributed by atoms with E-state index in [1.165, 1.54) is 77.7 Å². The first-order valence-electron chi connectivity index (χ1n) is 36.0. The number of fused-ring (bicyclic) bond motifs is 3. The van der Waals surface area contributed by atoms with E-state index in [0.29, 0.717) is 5.52 Å². The summed E-state index contributed by atoms with van der Waals surface area (Å²) < 4.78 is 17.8. The van der Waals surface area contributed by atoms with Gasteiger partial charge in [0, 0.05) is 111 Å². The number of aliphatic hydroxyl groups is 3. The van der Waals surface area contributed by atoms with Crippen LogP contribution < -0.4 is 13.2 Å². The fourth-order valence-corrected chi connectivity index (χ4v) is 21.4. The van der Waals surface area contributed by atoms with Crippen LogP contribution >= 0.6 is 0 Å². The minimum atomic E-state index is -1.89. The summed E-state index contributed by atoms with van der Waals surface area (Å²) in [4.78, 5) is 60.8. The molecule has 0 aliphatic carbocycles. The molecule has 0 saturated heterocycles. The SMILES string of the molecule is CC(C)(C)C(=O)C=C(O)C(C)(C)C.CC(C)(C)C(=O)C=C(O)C(C)(C)C.CC(C)(C)C(=O)C=C(O)C(C)(C)C.Cc1cc(-c2ncnc3cc(F)ccc23)[c-]c[c]1[Ge]([CH3])([CH3])[CH3].Cc1ccc2c(-c3[c-]c[c]([Ge]([CH3])([CH3])[CH3])c(C)c3)ncnc2c1.Cc1ccc2c(-c3[c-]c[c]([Ge]([CH3])([CH3])[CH3])c(C)c3)ncnc2c1.[Ir].[Ir].[Ir]. The maximum absolute atomic E-state index is 13.4. The Morgan fingerprint density at radius 2 is 0.583 bits per heavy atom. The van der Waals surface area contributed by atoms with Gasteiger partial charge in [-0.2, -0.15) is 0 Å². The van der Waals surface area contributed by atoms with E-state index in [0.717, 1.165) is 61.0 Å². The summed E-state index contributed by atoms with van der Waals surface area (Å²) in [5.41, 5.74) is 12.6. The van der Waals surface area contributed by atoms with Gasteiger partial charge >= 0.3 is 402 Å². The van der Waals surface area contributed by atoms with Crippen molar-refractivity contribution in [2.24, 2.45) is 32.5 Å². The standard InChI is InChI=1S/2C19H21GeN2.C18H18FGeN2.3C11H20O2.3Ir/c2*1-13-6-8-16-18(10-13)21-12-22-19(16)15-7-9-17(14(2)11-15)20(3,4)5;1-12-9-13(5-8-16(12)20(2,3)4)18-15-7-6-14(19)10-17(15)21-11-22-18;3*1-10(2,3)8(12)7-9(13)11(4,5)6;;;/h2*6,8-12H,1-5H3;6-11H,1-4H3;3*7,12H,1-6H3;;;/q3*-1;;;;;;. The third kappa shape index (κ3) is 30.5. The average Bonchev–Trinajstić information content (AvgIpc) is 0.795. The van der Waals surface area contributed by atoms with E-state index < -0.39 is 56.0 Å². The molecule has 108 heavy (non-hydrogen) atoms. The first-order chi connectivity index (χ1) is 47.7. The van der Waals surface area contributed by atoms with E-state index in [4.69, 9.17) is 0 Å². The van der Waals surface area contributed by atoms with Gasteiger partial charge in [0.25, 0.3) is 0 Å². The Labute approximate surface area is 695 Å². The van der Waals surface area contributed by atoms with Crippen molar-refractivity contribution in [2.45, 2.75) is 211 Å². The van der Waals surface area contributed by atoms with Crippen LogP contribution in [0.3, 0.4) is 0 Å². The van der Waals surface area contributed by atoms with Crippen molar-refractivity contribution in [3.05, 3.63) is 197 Å². The molecule has 0 unspecified atom stereocenters. The van der Waals surface area contributed by atoms with Crippen molar-refractivity contribution in [3.8, 4) is 33.8 Å². The fourth-order valence-electron chi connectivity index (χ4n) is 10.3. The number of hydrogen-bond donors (Lipinski definition) is 3. The number of hydrogen-bond acceptors (Lipinski definition) is 12. The summed E-state index contributed by atoms with van der Waals surface area (Å²) in [6, 6.07) is 40.6. The van der Waals surface area contributed by atoms with Gasteiger partial charge in [0.1, 0.15) is 17.3 Å². The Morgan fingerprint density at radius 1 is 0.352 bits per heavy atom. The number of rotatable bonds is 9. The molecule has 0 amide bonds. The number of nitrogens with zero attached hydrogens (tertiary/aromatic N) is 6. The van der Waals surface area contributed by atoms with Crippen LogP contribution in [0.4, 0.5) is 4.39 Å². The van der Waals surface area contributed by atoms with Crippen LogP contribution in [-0.4, -0.2) is 102 Å². The third-order valence-corrected chi connectivity index (χ3v) is 30.7. The number of ketones is 3. The smallest absolute Gasteiger partial charge is 0 e. The first kappa shape index (κ1) is 100. The predicted molar refractivity (Wildman–Crippen MR) is 448 cm³/mol. The molecule has 0 aliphatic heterocycles. The second-order valence-electron chi connectivity index (χ2n) is 36.6. The molecule has 19 heteroatoms. The molecular formula is C89H120FGe3Ir3N6O6-3. The number of allylic oxidation sites excluding steroid dienone is 6. The van der Waals surface area contributed by atoms with Crippen LogP contribution in [0.25, 0.3) is 66.5 Å². The van der Waals surface area contributed by atoms with Gasteiger partial charge in [0.05, 0.1) is 0 Å². The molecule has 6 aromatic carbocycles. The molecule has 0 saturated carbocycles. The Bertz CT molecular complexity index is 4220. The molecule has 12 nitrogen and oxygen atoms in total. The van der Waals surface area contributed by atoms with Crippen LogP contribution in [-0.2, 0) is 74.7 Å². The molecule has 3 N–H and O–H groups in total. The summed E-state index contributed by atoms with van der Waals surface area (Å²) in [5.74, 6) is 21.6. The van der Waals surface area contributed by atoms with Crippen molar-refractivity contribution in [1.82, 2.24) is 29.9 Å². The van der Waals surface area contributed by atoms with Gasteiger partial charge in [-0.15, -0.1) is 0 Å². The van der Waals surface area contributed by atoms with Crippen LogP contribution in [0.1, 0.15) is 152 Å². The largest absolute Gasteiger partial charge is 0 e. The molecule has 0 aliphatic rings. The van der Waals surface area contributed by atoms with Crippen LogP contribution in [0.5, 0.6) is 0 Å². The van der Waals surface area contributed by atoms with E-state index in [1.54, 1.807) is 18.7 Å². The molecule has 0 bridgehead atoms. The molecule has 3 heterocycles. The number of carbonyl (C=O) groups excluding carboxylic acids is 3. The second kappa shape index (κ2) is 40.3. The van der Waals surface area contributed by atoms with Crippen molar-refractivity contribution >= 4 is 103 Å². The molecule has 9 aromatic rings. The van der Waals surface area contributed by atoms with Crippen molar-refractivity contribution in [1.29, 1.82) is 0 Å². The molecule has 3 aromatic heterocycles. The molecule has 591 valence electrons. The van der Waals surface area contributed by atoms with Gasteiger partial charge < -0.3 is 15.3 Å². The van der Waals surface area contributed by atoms with Crippen LogP contribution in [0.2, 0.25) is 51.8 Å². The number of carbonyl (C=O) groups is 3. The molecule has 0 fully saturated rings. The van der Waals surface area contributed by atoms with E-state index >= 15 is 0 Å². The summed E-state index contributed by atoms with van der Waals surface area (Å²) in [6.45, 7) is 44.1. The second-order valence-corrected chi connectivity index (χ2v) is 68.3. The van der Waals surface area contributed by atoms with Crippen LogP contribution in [0, 0.1) is 91.1 Å². The summed E-state index contributed by atoms with van der Waals surface area (Å²) in [7, 11) is 0. The molecule has 0 atom stereocenters. The zero-order valence-corrected chi connectivity index (χ0v) is 83.7. The number of aromatic nitrogens is 6. The first-order valence-corrected chi connectivity index (χ1v) is 58.1. The third-order valence-electron chi connectivity index (χ3n) is 17.2. The number of benzene rings is 6. The van der Waals surface area contributed by atoms with Gasteiger partial charge in [-0.25, -0.2) is 0 Å². The Kier molecular flexibility index (Phi) is 37.5. The normalized spacial score (nSPS) is 12.5. The van der Waals surface area contributed by atoms with Gasteiger partial charge in [-0.1, -0.05) is 125 Å². The Morgan fingerprint density at radius 3 is 0.796 bits per heavy atom. The van der Waals surface area contributed by atoms with E-state index in [1.807, 2.05) is 125 Å². The summed E-state index contributed by atoms with van der Waals surface area (Å²) >= 11 is -5.56.